The summed E-state index contributed by atoms with van der Waals surface area (Å²) >= 11 is 0. The molecule has 2 aliphatic carbocycles. The first kappa shape index (κ1) is 27.3. The third-order valence-electron chi connectivity index (χ3n) is 6.72. The minimum atomic E-state index is -2.84. The number of ether oxygens (including phenoxy) is 2. The molecule has 11 heteroatoms. The van der Waals surface area contributed by atoms with E-state index < -0.39 is 30.1 Å². The molecule has 1 aliphatic heterocycles. The van der Waals surface area contributed by atoms with Crippen LogP contribution < -0.4 is 10.6 Å². The molecule has 1 amide bonds. The Kier molecular flexibility index (Phi) is 8.03. The molecule has 1 saturated heterocycles. The van der Waals surface area contributed by atoms with Crippen molar-refractivity contribution < 1.29 is 31.8 Å². The minimum absolute atomic E-state index is 0.0451. The number of rotatable bonds is 8. The van der Waals surface area contributed by atoms with Crippen molar-refractivity contribution in [2.24, 2.45) is 0 Å². The number of halogens is 4. The zero-order valence-corrected chi connectivity index (χ0v) is 21.2. The summed E-state index contributed by atoms with van der Waals surface area (Å²) in [6.45, 7) is 6.53. The van der Waals surface area contributed by atoms with Crippen molar-refractivity contribution in [2.45, 2.75) is 83.6 Å². The number of aromatic nitrogens is 2. The number of benzene rings is 1. The largest absolute Gasteiger partial charge is 0.365 e. The van der Waals surface area contributed by atoms with Crippen LogP contribution in [0.1, 0.15) is 73.2 Å². The average Bonchev–Trinajstić information content (AvgIpc) is 3.30. The normalized spacial score (nSPS) is 19.2. The third-order valence-corrected chi connectivity index (χ3v) is 6.72. The molecule has 2 aromatic rings. The summed E-state index contributed by atoms with van der Waals surface area (Å²) in [6, 6.07) is 4.85. The second-order valence-corrected chi connectivity index (χ2v) is 9.24. The van der Waals surface area contributed by atoms with Gasteiger partial charge < -0.3 is 20.1 Å². The Morgan fingerprint density at radius 3 is 2.49 bits per heavy atom. The molecule has 0 unspecified atom stereocenters. The van der Waals surface area contributed by atoms with E-state index in [4.69, 9.17) is 9.47 Å². The van der Waals surface area contributed by atoms with Gasteiger partial charge >= 0.3 is 0 Å². The van der Waals surface area contributed by atoms with Gasteiger partial charge in [-0.1, -0.05) is 32.0 Å². The summed E-state index contributed by atoms with van der Waals surface area (Å²) in [7, 11) is 0. The second kappa shape index (κ2) is 10.9. The number of hydrogen-bond donors (Lipinski definition) is 2. The van der Waals surface area contributed by atoms with Crippen LogP contribution in [0.25, 0.3) is 0 Å². The number of hydrogen-bond acceptors (Lipinski definition) is 6. The lowest BCUT2D eigenvalue weighted by atomic mass is 10.0. The van der Waals surface area contributed by atoms with Crippen molar-refractivity contribution in [1.29, 1.82) is 0 Å². The lowest BCUT2D eigenvalue weighted by Crippen LogP contribution is -2.43. The fourth-order valence-corrected chi connectivity index (χ4v) is 4.72. The Bertz CT molecular complexity index is 1140. The molecule has 2 fully saturated rings. The average molecular weight is 525 g/mol. The van der Waals surface area contributed by atoms with Crippen LogP contribution in [0, 0.1) is 6.92 Å². The number of nitrogens with one attached hydrogen (secondary N) is 2. The molecule has 0 radical (unpaired) electrons. The van der Waals surface area contributed by atoms with Gasteiger partial charge in [0.25, 0.3) is 12.3 Å². The van der Waals surface area contributed by atoms with Crippen molar-refractivity contribution in [3.8, 4) is 0 Å². The van der Waals surface area contributed by atoms with E-state index in [9.17, 15) is 22.4 Å². The Balaban J connectivity index is 0.00000156. The van der Waals surface area contributed by atoms with Gasteiger partial charge in [-0.05, 0) is 37.3 Å². The van der Waals surface area contributed by atoms with Gasteiger partial charge in [-0.2, -0.15) is 0 Å². The molecule has 2 heterocycles. The maximum Gasteiger partial charge on any atom is 0.273 e. The van der Waals surface area contributed by atoms with Gasteiger partial charge in [-0.15, -0.1) is 0 Å². The first-order chi connectivity index (χ1) is 17.7. The fraction of sp³-hybridized carbons (Fsp3) is 0.577. The molecule has 2 N–H and O–H groups in total. The summed E-state index contributed by atoms with van der Waals surface area (Å²) in [6.07, 6.45) is -3.21. The summed E-state index contributed by atoms with van der Waals surface area (Å²) in [5, 5.41) is 5.63. The zero-order chi connectivity index (χ0) is 26.8. The molecule has 7 nitrogen and oxygen atoms in total. The quantitative estimate of drug-likeness (QED) is 0.475. The molecule has 0 bridgehead atoms. The third kappa shape index (κ3) is 5.72. The van der Waals surface area contributed by atoms with E-state index in [2.05, 4.69) is 20.6 Å². The molecule has 1 aromatic carbocycles. The highest BCUT2D eigenvalue weighted by atomic mass is 19.3. The lowest BCUT2D eigenvalue weighted by Gasteiger charge is -2.21. The van der Waals surface area contributed by atoms with E-state index in [0.717, 1.165) is 5.56 Å². The summed E-state index contributed by atoms with van der Waals surface area (Å²) < 4.78 is 66.3. The Morgan fingerprint density at radius 2 is 1.84 bits per heavy atom. The van der Waals surface area contributed by atoms with Crippen LogP contribution in [0.4, 0.5) is 23.4 Å². The maximum atomic E-state index is 14.2. The van der Waals surface area contributed by atoms with Gasteiger partial charge in [-0.25, -0.2) is 27.5 Å². The smallest absolute Gasteiger partial charge is 0.273 e. The molecule has 5 rings (SSSR count). The van der Waals surface area contributed by atoms with Gasteiger partial charge in [0.1, 0.15) is 17.2 Å². The van der Waals surface area contributed by atoms with Crippen molar-refractivity contribution in [3.05, 3.63) is 52.0 Å². The van der Waals surface area contributed by atoms with E-state index in [-0.39, 0.29) is 44.2 Å². The predicted molar refractivity (Wildman–Crippen MR) is 129 cm³/mol. The number of anilines is 1. The number of amides is 1. The van der Waals surface area contributed by atoms with Gasteiger partial charge in [-0.3, -0.25) is 4.79 Å². The Morgan fingerprint density at radius 1 is 1.14 bits per heavy atom. The molecular weight excluding hydrogens is 492 g/mol. The predicted octanol–water partition coefficient (Wildman–Crippen LogP) is 4.96. The summed E-state index contributed by atoms with van der Waals surface area (Å²) in [4.78, 5) is 21.5. The highest BCUT2D eigenvalue weighted by Crippen LogP contribution is 2.43. The topological polar surface area (TPSA) is 85.4 Å². The molecular formula is C26H32F4N4O3. The molecule has 202 valence electrons. The lowest BCUT2D eigenvalue weighted by molar-refractivity contribution is -0.122. The number of alkyl halides is 4. The van der Waals surface area contributed by atoms with Gasteiger partial charge in [0.2, 0.25) is 5.91 Å². The van der Waals surface area contributed by atoms with Crippen LogP contribution in [0.3, 0.4) is 0 Å². The Labute approximate surface area is 213 Å². The minimum Gasteiger partial charge on any atom is -0.365 e. The second-order valence-electron chi connectivity index (χ2n) is 9.24. The summed E-state index contributed by atoms with van der Waals surface area (Å²) in [5.41, 5.74) is 0.636. The van der Waals surface area contributed by atoms with E-state index in [1.165, 1.54) is 6.07 Å². The van der Waals surface area contributed by atoms with Crippen molar-refractivity contribution in [2.75, 3.05) is 18.5 Å². The number of carbonyl (C=O) groups excluding carboxylic acids is 1. The first-order valence-electron chi connectivity index (χ1n) is 12.6. The number of carbonyl (C=O) groups is 1. The molecule has 1 saturated carbocycles. The first-order valence-corrected chi connectivity index (χ1v) is 12.6. The maximum absolute atomic E-state index is 14.2. The molecule has 3 aliphatic rings. The van der Waals surface area contributed by atoms with Crippen LogP contribution in [0.15, 0.2) is 18.2 Å². The number of aryl methyl sites for hydroxylation is 1. The highest BCUT2D eigenvalue weighted by molar-refractivity contribution is 5.80. The Hall–Kier alpha value is -2.79. The van der Waals surface area contributed by atoms with Gasteiger partial charge in [0.15, 0.2) is 6.29 Å². The molecule has 37 heavy (non-hydrogen) atoms. The number of nitrogens with zero attached hydrogens (tertiary/aromatic N) is 2. The van der Waals surface area contributed by atoms with Crippen LogP contribution >= 0.6 is 0 Å². The molecule has 1 aromatic heterocycles. The van der Waals surface area contributed by atoms with Crippen molar-refractivity contribution >= 4 is 11.7 Å². The van der Waals surface area contributed by atoms with Crippen LogP contribution in [0.2, 0.25) is 0 Å². The number of fused-ring (bicyclic) bond motifs is 1. The van der Waals surface area contributed by atoms with Gasteiger partial charge in [0.05, 0.1) is 30.9 Å². The van der Waals surface area contributed by atoms with E-state index in [1.54, 1.807) is 19.1 Å². The molecule has 0 spiro atoms. The van der Waals surface area contributed by atoms with Crippen LogP contribution in [-0.2, 0) is 39.6 Å². The zero-order valence-electron chi connectivity index (χ0n) is 21.2. The van der Waals surface area contributed by atoms with E-state index in [0.29, 0.717) is 41.7 Å². The fourth-order valence-electron chi connectivity index (χ4n) is 4.72. The standard InChI is InChI=1S/C24H26F4N4O3.C2H6/c1-13-30-17(11-18(33)32-23(7-8-23)22(25)26)19(21-34-9-10-35-21)20(31-13)29-12-14-3-2-4-16-15(14)5-6-24(16,27)28;1-2/h2-4,21-22H,5-12H2,1H3,(H,32,33)(H,29,30,31);1-2H3. The van der Waals surface area contributed by atoms with Gasteiger partial charge in [0, 0.05) is 18.5 Å². The van der Waals surface area contributed by atoms with E-state index in [1.807, 2.05) is 13.8 Å². The SMILES string of the molecule is CC.Cc1nc(CC(=O)NC2(C(F)F)CC2)c(C2OCCO2)c(NCc2cccc3c2CCC3(F)F)n1. The molecule has 0 atom stereocenters. The van der Waals surface area contributed by atoms with Crippen LogP contribution in [-0.4, -0.2) is 41.1 Å². The van der Waals surface area contributed by atoms with Crippen molar-refractivity contribution in [3.63, 3.8) is 0 Å². The van der Waals surface area contributed by atoms with E-state index >= 15 is 0 Å². The summed E-state index contributed by atoms with van der Waals surface area (Å²) in [5.74, 6) is -2.71. The highest BCUT2D eigenvalue weighted by Gasteiger charge is 2.52. The van der Waals surface area contributed by atoms with Crippen LogP contribution in [0.5, 0.6) is 0 Å². The van der Waals surface area contributed by atoms with Crippen molar-refractivity contribution in [1.82, 2.24) is 15.3 Å². The monoisotopic (exact) mass is 524 g/mol.